The SMILES string of the molecule is COc1cccc(C2=C(c3cccc(OC)c3)NC(c3ccccc3Cl)=[N+]2)c1. The highest BCUT2D eigenvalue weighted by Gasteiger charge is 2.33. The summed E-state index contributed by atoms with van der Waals surface area (Å²) in [4.78, 5) is 4.88. The molecular weight excluding hydrogens is 372 g/mol. The van der Waals surface area contributed by atoms with Crippen LogP contribution in [-0.2, 0) is 0 Å². The van der Waals surface area contributed by atoms with Gasteiger partial charge in [-0.1, -0.05) is 48.0 Å². The van der Waals surface area contributed by atoms with Crippen molar-refractivity contribution >= 4 is 28.8 Å². The second kappa shape index (κ2) is 7.79. The summed E-state index contributed by atoms with van der Waals surface area (Å²) in [6.07, 6.45) is 0. The van der Waals surface area contributed by atoms with E-state index in [1.54, 1.807) is 14.2 Å². The number of nitrogens with zero attached hydrogens (tertiary/aromatic N) is 1. The third-order valence-corrected chi connectivity index (χ3v) is 4.86. The fourth-order valence-corrected chi connectivity index (χ4v) is 3.35. The monoisotopic (exact) mass is 390 g/mol. The Morgan fingerprint density at radius 1 is 0.786 bits per heavy atom. The molecule has 4 nitrogen and oxygen atoms in total. The van der Waals surface area contributed by atoms with Crippen molar-refractivity contribution in [2.75, 3.05) is 14.2 Å². The third kappa shape index (κ3) is 3.47. The summed E-state index contributed by atoms with van der Waals surface area (Å²) in [5, 5.41) is 4.09. The lowest BCUT2D eigenvalue weighted by Crippen LogP contribution is -2.21. The molecule has 1 aliphatic heterocycles. The van der Waals surface area contributed by atoms with E-state index in [-0.39, 0.29) is 0 Å². The Morgan fingerprint density at radius 3 is 2.11 bits per heavy atom. The van der Waals surface area contributed by atoms with E-state index in [1.165, 1.54) is 0 Å². The minimum absolute atomic E-state index is 0.644. The van der Waals surface area contributed by atoms with Gasteiger partial charge in [-0.15, -0.1) is 0 Å². The van der Waals surface area contributed by atoms with Gasteiger partial charge in [-0.05, 0) is 41.4 Å². The Balaban J connectivity index is 1.85. The third-order valence-electron chi connectivity index (χ3n) is 4.53. The van der Waals surface area contributed by atoms with Crippen molar-refractivity contribution in [3.8, 4) is 11.5 Å². The molecule has 4 rings (SSSR count). The van der Waals surface area contributed by atoms with Crippen LogP contribution in [0.1, 0.15) is 16.7 Å². The first-order valence-electron chi connectivity index (χ1n) is 8.83. The maximum Gasteiger partial charge on any atom is 0.331 e. The fraction of sp³-hybridized carbons (Fsp3) is 0.0870. The van der Waals surface area contributed by atoms with Gasteiger partial charge in [0.2, 0.25) is 5.70 Å². The number of hydrogen-bond acceptors (Lipinski definition) is 4. The first-order valence-corrected chi connectivity index (χ1v) is 9.21. The van der Waals surface area contributed by atoms with Crippen LogP contribution < -0.4 is 19.8 Å². The molecular formula is C23H19ClN2O2+. The predicted molar refractivity (Wildman–Crippen MR) is 114 cm³/mol. The van der Waals surface area contributed by atoms with E-state index in [4.69, 9.17) is 26.1 Å². The van der Waals surface area contributed by atoms with Crippen molar-refractivity contribution in [3.63, 3.8) is 0 Å². The summed E-state index contributed by atoms with van der Waals surface area (Å²) in [5.41, 5.74) is 4.49. The largest absolute Gasteiger partial charge is 0.497 e. The van der Waals surface area contributed by atoms with Gasteiger partial charge in [0.15, 0.2) is 5.70 Å². The van der Waals surface area contributed by atoms with Gasteiger partial charge in [0.05, 0.1) is 24.8 Å². The van der Waals surface area contributed by atoms with Crippen LogP contribution >= 0.6 is 11.6 Å². The van der Waals surface area contributed by atoms with Gasteiger partial charge in [0, 0.05) is 11.1 Å². The van der Waals surface area contributed by atoms with Crippen LogP contribution in [0.15, 0.2) is 72.8 Å². The molecule has 0 fully saturated rings. The predicted octanol–water partition coefficient (Wildman–Crippen LogP) is 4.57. The maximum atomic E-state index is 6.41. The van der Waals surface area contributed by atoms with E-state index in [2.05, 4.69) is 5.32 Å². The Labute approximate surface area is 169 Å². The zero-order chi connectivity index (χ0) is 19.5. The fourth-order valence-electron chi connectivity index (χ4n) is 3.12. The standard InChI is InChI=1S/C23H19ClN2O2/c1-27-17-9-5-7-15(13-17)21-22(16-8-6-10-18(14-16)28-2)26-23(25-21)19-11-3-4-12-20(19)24/h3-14,25H,1-2H3/q+1. The number of nitrogens with one attached hydrogen (secondary N) is 1. The van der Waals surface area contributed by atoms with Gasteiger partial charge >= 0.3 is 5.84 Å². The first-order chi connectivity index (χ1) is 13.7. The molecule has 0 saturated heterocycles. The van der Waals surface area contributed by atoms with Gasteiger partial charge in [-0.3, -0.25) is 0 Å². The number of ether oxygens (including phenoxy) is 2. The summed E-state index contributed by atoms with van der Waals surface area (Å²) in [6, 6.07) is 23.4. The normalized spacial score (nSPS) is 13.2. The highest BCUT2D eigenvalue weighted by molar-refractivity contribution is 6.34. The van der Waals surface area contributed by atoms with Crippen LogP contribution in [0.3, 0.4) is 0 Å². The van der Waals surface area contributed by atoms with Gasteiger partial charge < -0.3 is 9.47 Å². The van der Waals surface area contributed by atoms with Gasteiger partial charge in [0.1, 0.15) is 11.5 Å². The Kier molecular flexibility index (Phi) is 5.04. The smallest absolute Gasteiger partial charge is 0.331 e. The van der Waals surface area contributed by atoms with Crippen molar-refractivity contribution in [2.24, 2.45) is 0 Å². The zero-order valence-corrected chi connectivity index (χ0v) is 16.3. The van der Waals surface area contributed by atoms with Crippen molar-refractivity contribution in [3.05, 3.63) is 94.5 Å². The molecule has 1 aliphatic rings. The lowest BCUT2D eigenvalue weighted by atomic mass is 10.1. The first kappa shape index (κ1) is 18.1. The van der Waals surface area contributed by atoms with Crippen LogP contribution in [-0.4, -0.2) is 20.1 Å². The van der Waals surface area contributed by atoms with E-state index in [0.717, 1.165) is 39.6 Å². The van der Waals surface area contributed by atoms with E-state index in [1.807, 2.05) is 72.8 Å². The van der Waals surface area contributed by atoms with E-state index < -0.39 is 0 Å². The summed E-state index contributed by atoms with van der Waals surface area (Å²) in [5.74, 6) is 2.26. The number of halogens is 1. The Morgan fingerprint density at radius 2 is 1.43 bits per heavy atom. The summed E-state index contributed by atoms with van der Waals surface area (Å²) in [6.45, 7) is 0. The number of aliphatic imine (C=N–C) groups is 1. The quantitative estimate of drug-likeness (QED) is 0.694. The number of methoxy groups -OCH3 is 2. The number of rotatable bonds is 5. The van der Waals surface area contributed by atoms with Crippen molar-refractivity contribution < 1.29 is 9.47 Å². The Hall–Kier alpha value is -3.24. The molecule has 1 radical (unpaired) electrons. The molecule has 0 unspecified atom stereocenters. The highest BCUT2D eigenvalue weighted by Crippen LogP contribution is 2.30. The molecule has 3 aromatic rings. The summed E-state index contributed by atoms with van der Waals surface area (Å²) < 4.78 is 10.8. The summed E-state index contributed by atoms with van der Waals surface area (Å²) >= 11 is 6.41. The van der Waals surface area contributed by atoms with E-state index in [9.17, 15) is 0 Å². The molecule has 3 aromatic carbocycles. The van der Waals surface area contributed by atoms with Crippen LogP contribution in [0.2, 0.25) is 5.02 Å². The lowest BCUT2D eigenvalue weighted by Gasteiger charge is -2.05. The minimum atomic E-state index is 0.644. The molecule has 1 N–H and O–H groups in total. The zero-order valence-electron chi connectivity index (χ0n) is 15.6. The van der Waals surface area contributed by atoms with Gasteiger partial charge in [0.25, 0.3) is 0 Å². The average Bonchev–Trinajstić information content (AvgIpc) is 3.19. The number of benzene rings is 3. The van der Waals surface area contributed by atoms with Crippen molar-refractivity contribution in [1.29, 1.82) is 0 Å². The minimum Gasteiger partial charge on any atom is -0.497 e. The van der Waals surface area contributed by atoms with Gasteiger partial charge in [-0.25, -0.2) is 5.32 Å². The molecule has 0 aliphatic carbocycles. The second-order valence-corrected chi connectivity index (χ2v) is 6.66. The van der Waals surface area contributed by atoms with Crippen molar-refractivity contribution in [1.82, 2.24) is 10.3 Å². The summed E-state index contributed by atoms with van der Waals surface area (Å²) in [7, 11) is 3.31. The van der Waals surface area contributed by atoms with Crippen LogP contribution in [0, 0.1) is 0 Å². The van der Waals surface area contributed by atoms with Gasteiger partial charge in [-0.2, -0.15) is 0 Å². The Bertz CT molecular complexity index is 1090. The molecule has 0 spiro atoms. The van der Waals surface area contributed by atoms with Crippen LogP contribution in [0.4, 0.5) is 0 Å². The van der Waals surface area contributed by atoms with Crippen LogP contribution in [0.25, 0.3) is 11.4 Å². The van der Waals surface area contributed by atoms with Crippen LogP contribution in [0.5, 0.6) is 11.5 Å². The molecule has 1 heterocycles. The second-order valence-electron chi connectivity index (χ2n) is 6.25. The molecule has 28 heavy (non-hydrogen) atoms. The van der Waals surface area contributed by atoms with Crippen molar-refractivity contribution in [2.45, 2.75) is 0 Å². The average molecular weight is 391 g/mol. The van der Waals surface area contributed by atoms with E-state index in [0.29, 0.717) is 10.9 Å². The molecule has 0 saturated carbocycles. The molecule has 5 heteroatoms. The molecule has 0 bridgehead atoms. The molecule has 0 amide bonds. The highest BCUT2D eigenvalue weighted by atomic mass is 35.5. The molecule has 0 atom stereocenters. The molecule has 0 aromatic heterocycles. The number of hydrogen-bond donors (Lipinski definition) is 1. The lowest BCUT2D eigenvalue weighted by molar-refractivity contribution is 0.414. The maximum absolute atomic E-state index is 6.41. The van der Waals surface area contributed by atoms with E-state index >= 15 is 0 Å². The topological polar surface area (TPSA) is 44.6 Å². The number of amidine groups is 1. The molecule has 139 valence electrons.